The Labute approximate surface area is 149 Å². The zero-order chi connectivity index (χ0) is 18.1. The molecule has 0 aliphatic carbocycles. The van der Waals surface area contributed by atoms with Gasteiger partial charge in [-0.2, -0.15) is 0 Å². The Hall–Kier alpha value is -2.44. The van der Waals surface area contributed by atoms with Gasteiger partial charge < -0.3 is 14.3 Å². The molecule has 1 saturated heterocycles. The van der Waals surface area contributed by atoms with Crippen LogP contribution in [0, 0.1) is 11.6 Å². The largest absolute Gasteiger partial charge is 0.487 e. The number of furan rings is 1. The molecule has 26 heavy (non-hydrogen) atoms. The maximum Gasteiger partial charge on any atom is 0.134 e. The molecule has 2 atom stereocenters. The summed E-state index contributed by atoms with van der Waals surface area (Å²) in [5.41, 5.74) is 0.842. The van der Waals surface area contributed by atoms with Gasteiger partial charge >= 0.3 is 0 Å². The van der Waals surface area contributed by atoms with E-state index >= 15 is 0 Å². The van der Waals surface area contributed by atoms with Gasteiger partial charge in [0.1, 0.15) is 40.9 Å². The summed E-state index contributed by atoms with van der Waals surface area (Å²) >= 11 is 0. The molecule has 0 spiro atoms. The normalized spacial score (nSPS) is 21.2. The van der Waals surface area contributed by atoms with Crippen LogP contribution < -0.4 is 4.74 Å². The lowest BCUT2D eigenvalue weighted by Gasteiger charge is -2.35. The van der Waals surface area contributed by atoms with Gasteiger partial charge in [0.05, 0.1) is 6.54 Å². The maximum atomic E-state index is 13.3. The smallest absolute Gasteiger partial charge is 0.134 e. The van der Waals surface area contributed by atoms with Crippen molar-refractivity contribution in [2.45, 2.75) is 25.2 Å². The van der Waals surface area contributed by atoms with Crippen LogP contribution in [0.2, 0.25) is 0 Å². The van der Waals surface area contributed by atoms with Gasteiger partial charge in [-0.1, -0.05) is 18.2 Å². The number of benzene rings is 2. The second kappa shape index (κ2) is 7.05. The maximum absolute atomic E-state index is 13.3. The van der Waals surface area contributed by atoms with Crippen LogP contribution in [0.5, 0.6) is 5.75 Å². The van der Waals surface area contributed by atoms with E-state index < -0.39 is 23.8 Å². The molecule has 4 rings (SSSR count). The molecular formula is C20H19F2NO3. The SMILES string of the molecule is O[C@@H]1CN(Cc2cc3ccccc3o2)CC[C@H]1Oc1cc(F)cc(F)c1. The van der Waals surface area contributed by atoms with Gasteiger partial charge in [0.15, 0.2) is 0 Å². The fourth-order valence-electron chi connectivity index (χ4n) is 3.36. The highest BCUT2D eigenvalue weighted by Gasteiger charge is 2.30. The monoisotopic (exact) mass is 359 g/mol. The molecule has 136 valence electrons. The molecule has 3 aromatic rings. The molecule has 2 aromatic carbocycles. The summed E-state index contributed by atoms with van der Waals surface area (Å²) in [6.45, 7) is 1.68. The number of likely N-dealkylation sites (tertiary alicyclic amines) is 1. The Balaban J connectivity index is 1.38. The predicted octanol–water partition coefficient (Wildman–Crippen LogP) is 3.73. The molecule has 0 radical (unpaired) electrons. The van der Waals surface area contributed by atoms with Crippen molar-refractivity contribution < 1.29 is 23.0 Å². The number of halogens is 2. The number of piperidine rings is 1. The first kappa shape index (κ1) is 17.0. The van der Waals surface area contributed by atoms with E-state index in [1.807, 2.05) is 30.3 Å². The van der Waals surface area contributed by atoms with Gasteiger partial charge in [0.2, 0.25) is 0 Å². The van der Waals surface area contributed by atoms with Crippen LogP contribution in [-0.4, -0.2) is 35.3 Å². The number of fused-ring (bicyclic) bond motifs is 1. The molecule has 6 heteroatoms. The summed E-state index contributed by atoms with van der Waals surface area (Å²) in [6, 6.07) is 12.8. The van der Waals surface area contributed by atoms with Crippen LogP contribution in [-0.2, 0) is 6.54 Å². The van der Waals surface area contributed by atoms with Gasteiger partial charge in [-0.15, -0.1) is 0 Å². The van der Waals surface area contributed by atoms with E-state index in [0.29, 0.717) is 26.1 Å². The first-order valence-corrected chi connectivity index (χ1v) is 8.57. The van der Waals surface area contributed by atoms with Gasteiger partial charge in [0.25, 0.3) is 0 Å². The molecule has 2 heterocycles. The van der Waals surface area contributed by atoms with Crippen LogP contribution in [0.1, 0.15) is 12.2 Å². The Morgan fingerprint density at radius 1 is 1.12 bits per heavy atom. The number of para-hydroxylation sites is 1. The summed E-state index contributed by atoms with van der Waals surface area (Å²) in [5, 5.41) is 11.4. The molecule has 0 bridgehead atoms. The minimum Gasteiger partial charge on any atom is -0.487 e. The molecule has 1 N–H and O–H groups in total. The Bertz CT molecular complexity index is 858. The highest BCUT2D eigenvalue weighted by molar-refractivity contribution is 5.77. The van der Waals surface area contributed by atoms with Crippen molar-refractivity contribution in [3.8, 4) is 5.75 Å². The number of aliphatic hydroxyl groups is 1. The third kappa shape index (κ3) is 3.71. The molecule has 0 unspecified atom stereocenters. The third-order valence-corrected chi connectivity index (χ3v) is 4.58. The lowest BCUT2D eigenvalue weighted by molar-refractivity contribution is -0.0290. The number of rotatable bonds is 4. The summed E-state index contributed by atoms with van der Waals surface area (Å²) in [7, 11) is 0. The van der Waals surface area contributed by atoms with Crippen LogP contribution in [0.4, 0.5) is 8.78 Å². The van der Waals surface area contributed by atoms with E-state index in [9.17, 15) is 13.9 Å². The molecule has 1 fully saturated rings. The van der Waals surface area contributed by atoms with Crippen molar-refractivity contribution >= 4 is 11.0 Å². The zero-order valence-electron chi connectivity index (χ0n) is 14.1. The quantitative estimate of drug-likeness (QED) is 0.771. The number of ether oxygens (including phenoxy) is 1. The number of nitrogens with zero attached hydrogens (tertiary/aromatic N) is 1. The number of aliphatic hydroxyl groups excluding tert-OH is 1. The fourth-order valence-corrected chi connectivity index (χ4v) is 3.36. The first-order chi connectivity index (χ1) is 12.6. The van der Waals surface area contributed by atoms with E-state index in [1.54, 1.807) is 0 Å². The molecule has 1 aliphatic rings. The van der Waals surface area contributed by atoms with E-state index in [4.69, 9.17) is 9.15 Å². The average molecular weight is 359 g/mol. The van der Waals surface area contributed by atoms with Crippen LogP contribution in [0.3, 0.4) is 0 Å². The van der Waals surface area contributed by atoms with E-state index in [2.05, 4.69) is 4.90 Å². The highest BCUT2D eigenvalue weighted by atomic mass is 19.1. The topological polar surface area (TPSA) is 45.8 Å². The summed E-state index contributed by atoms with van der Waals surface area (Å²) in [6.07, 6.45) is -0.693. The molecule has 0 amide bonds. The highest BCUT2D eigenvalue weighted by Crippen LogP contribution is 2.24. The summed E-state index contributed by atoms with van der Waals surface area (Å²) in [5.74, 6) is -0.462. The first-order valence-electron chi connectivity index (χ1n) is 8.57. The van der Waals surface area contributed by atoms with Gasteiger partial charge in [-0.05, 0) is 18.6 Å². The van der Waals surface area contributed by atoms with Gasteiger partial charge in [-0.3, -0.25) is 4.90 Å². The molecule has 1 aromatic heterocycles. The second-order valence-electron chi connectivity index (χ2n) is 6.60. The van der Waals surface area contributed by atoms with Gasteiger partial charge in [-0.25, -0.2) is 8.78 Å². The lowest BCUT2D eigenvalue weighted by Crippen LogP contribution is -2.48. The van der Waals surface area contributed by atoms with Crippen LogP contribution in [0.15, 0.2) is 52.9 Å². The minimum atomic E-state index is -0.751. The van der Waals surface area contributed by atoms with Crippen LogP contribution in [0.25, 0.3) is 11.0 Å². The summed E-state index contributed by atoms with van der Waals surface area (Å²) in [4.78, 5) is 2.08. The lowest BCUT2D eigenvalue weighted by atomic mass is 10.0. The molecule has 0 saturated carbocycles. The number of β-amino-alcohol motifs (C(OH)–C–C–N with tert-alkyl or cyclic N) is 1. The predicted molar refractivity (Wildman–Crippen MR) is 92.9 cm³/mol. The van der Waals surface area contributed by atoms with Crippen molar-refractivity contribution in [1.29, 1.82) is 0 Å². The van der Waals surface area contributed by atoms with E-state index in [1.165, 1.54) is 0 Å². The van der Waals surface area contributed by atoms with Crippen molar-refractivity contribution in [2.75, 3.05) is 13.1 Å². The van der Waals surface area contributed by atoms with E-state index in [0.717, 1.165) is 34.9 Å². The second-order valence-corrected chi connectivity index (χ2v) is 6.60. The Kier molecular flexibility index (Phi) is 4.61. The van der Waals surface area contributed by atoms with Gasteiger partial charge in [0, 0.05) is 36.7 Å². The fraction of sp³-hybridized carbons (Fsp3) is 0.300. The van der Waals surface area contributed by atoms with Crippen LogP contribution >= 0.6 is 0 Å². The zero-order valence-corrected chi connectivity index (χ0v) is 14.1. The minimum absolute atomic E-state index is 0.0947. The Morgan fingerprint density at radius 3 is 2.62 bits per heavy atom. The summed E-state index contributed by atoms with van der Waals surface area (Å²) < 4.78 is 38.0. The van der Waals surface area contributed by atoms with Crippen molar-refractivity contribution in [1.82, 2.24) is 4.90 Å². The molecular weight excluding hydrogens is 340 g/mol. The van der Waals surface area contributed by atoms with Crippen molar-refractivity contribution in [3.63, 3.8) is 0 Å². The number of hydrogen-bond acceptors (Lipinski definition) is 4. The average Bonchev–Trinajstić information content (AvgIpc) is 2.98. The van der Waals surface area contributed by atoms with Crippen molar-refractivity contribution in [2.24, 2.45) is 0 Å². The molecule has 4 nitrogen and oxygen atoms in total. The van der Waals surface area contributed by atoms with E-state index in [-0.39, 0.29) is 5.75 Å². The third-order valence-electron chi connectivity index (χ3n) is 4.58. The number of hydrogen-bond donors (Lipinski definition) is 1. The van der Waals surface area contributed by atoms with Crippen molar-refractivity contribution in [3.05, 3.63) is 65.9 Å². The standard InChI is InChI=1S/C20H19F2NO3/c21-14-8-15(22)10-16(9-14)25-20-5-6-23(12-18(20)24)11-17-7-13-3-1-2-4-19(13)26-17/h1-4,7-10,18,20,24H,5-6,11-12H2/t18-,20-/m1/s1. The molecule has 1 aliphatic heterocycles. The Morgan fingerprint density at radius 2 is 1.88 bits per heavy atom.